The summed E-state index contributed by atoms with van der Waals surface area (Å²) in [5, 5.41) is 14.7. The van der Waals surface area contributed by atoms with Gasteiger partial charge in [-0.1, -0.05) is 12.1 Å². The van der Waals surface area contributed by atoms with Crippen molar-refractivity contribution in [3.05, 3.63) is 63.1 Å². The number of aryl methyl sites for hydroxylation is 2. The Morgan fingerprint density at radius 1 is 1.30 bits per heavy atom. The average molecular weight is 408 g/mol. The predicted molar refractivity (Wildman–Crippen MR) is 111 cm³/mol. The number of anilines is 1. The standard InChI is InChI=1S/C22H24N4O4/c1-14-10-15(2)26(22(29)18(14)11-23)13-20(27)25-19-8-4-3-7-17(19)21(28)24-12-16-6-5-9-30-16/h3-4,7-8,10,16H,5-6,9,12-13H2,1-2H3,(H,24,28)(H,25,27)/t16-/m1/s1. The smallest absolute Gasteiger partial charge is 0.269 e. The van der Waals surface area contributed by atoms with Gasteiger partial charge in [0.25, 0.3) is 11.5 Å². The van der Waals surface area contributed by atoms with Crippen LogP contribution in [0.4, 0.5) is 5.69 Å². The van der Waals surface area contributed by atoms with Gasteiger partial charge in [-0.3, -0.25) is 14.4 Å². The first-order valence-electron chi connectivity index (χ1n) is 9.80. The summed E-state index contributed by atoms with van der Waals surface area (Å²) in [6.45, 7) is 4.25. The maximum atomic E-state index is 12.6. The molecule has 0 spiro atoms. The highest BCUT2D eigenvalue weighted by atomic mass is 16.5. The molecule has 2 N–H and O–H groups in total. The molecule has 0 bridgehead atoms. The average Bonchev–Trinajstić information content (AvgIpc) is 3.23. The number of nitrogens with one attached hydrogen (secondary N) is 2. The molecule has 3 rings (SSSR count). The topological polar surface area (TPSA) is 113 Å². The number of carbonyl (C=O) groups excluding carboxylic acids is 2. The van der Waals surface area contributed by atoms with Gasteiger partial charge in [0.05, 0.1) is 17.4 Å². The highest BCUT2D eigenvalue weighted by molar-refractivity contribution is 6.03. The van der Waals surface area contributed by atoms with E-state index in [1.54, 1.807) is 44.2 Å². The third kappa shape index (κ3) is 4.75. The van der Waals surface area contributed by atoms with E-state index in [-0.39, 0.29) is 24.1 Å². The highest BCUT2D eigenvalue weighted by Gasteiger charge is 2.19. The van der Waals surface area contributed by atoms with Gasteiger partial charge in [0.1, 0.15) is 18.2 Å². The summed E-state index contributed by atoms with van der Waals surface area (Å²) in [4.78, 5) is 37.7. The van der Waals surface area contributed by atoms with Crippen LogP contribution in [0, 0.1) is 25.2 Å². The van der Waals surface area contributed by atoms with Crippen molar-refractivity contribution in [1.29, 1.82) is 5.26 Å². The van der Waals surface area contributed by atoms with Crippen LogP contribution in [0.1, 0.15) is 40.0 Å². The third-order valence-electron chi connectivity index (χ3n) is 5.08. The van der Waals surface area contributed by atoms with Gasteiger partial charge in [-0.25, -0.2) is 0 Å². The van der Waals surface area contributed by atoms with Crippen LogP contribution in [-0.4, -0.2) is 35.6 Å². The largest absolute Gasteiger partial charge is 0.376 e. The Labute approximate surface area is 174 Å². The summed E-state index contributed by atoms with van der Waals surface area (Å²) in [5.41, 5.74) is 1.34. The Balaban J connectivity index is 1.73. The first kappa shape index (κ1) is 21.3. The molecular weight excluding hydrogens is 384 g/mol. The Kier molecular flexibility index (Phi) is 6.65. The minimum atomic E-state index is -0.507. The number of nitrogens with zero attached hydrogens (tertiary/aromatic N) is 2. The molecule has 0 unspecified atom stereocenters. The molecule has 8 nitrogen and oxygen atoms in total. The van der Waals surface area contributed by atoms with Gasteiger partial charge in [0, 0.05) is 18.8 Å². The highest BCUT2D eigenvalue weighted by Crippen LogP contribution is 2.16. The van der Waals surface area contributed by atoms with E-state index in [9.17, 15) is 19.6 Å². The fourth-order valence-electron chi connectivity index (χ4n) is 3.49. The Bertz CT molecular complexity index is 1060. The van der Waals surface area contributed by atoms with E-state index >= 15 is 0 Å². The lowest BCUT2D eigenvalue weighted by atomic mass is 10.1. The van der Waals surface area contributed by atoms with Gasteiger partial charge in [-0.05, 0) is 50.5 Å². The van der Waals surface area contributed by atoms with Crippen molar-refractivity contribution >= 4 is 17.5 Å². The van der Waals surface area contributed by atoms with Crippen LogP contribution < -0.4 is 16.2 Å². The number of aromatic nitrogens is 1. The van der Waals surface area contributed by atoms with Crippen LogP contribution in [-0.2, 0) is 16.1 Å². The minimum absolute atomic E-state index is 0.0152. The fraction of sp³-hybridized carbons (Fsp3) is 0.364. The van der Waals surface area contributed by atoms with Crippen LogP contribution >= 0.6 is 0 Å². The number of amides is 2. The zero-order valence-electron chi connectivity index (χ0n) is 17.0. The van der Waals surface area contributed by atoms with Crippen LogP contribution in [0.3, 0.4) is 0 Å². The molecule has 2 amide bonds. The van der Waals surface area contributed by atoms with Crippen molar-refractivity contribution in [2.45, 2.75) is 39.3 Å². The molecule has 1 fully saturated rings. The van der Waals surface area contributed by atoms with Crippen LogP contribution in [0.25, 0.3) is 0 Å². The van der Waals surface area contributed by atoms with Crippen LogP contribution in [0.15, 0.2) is 35.1 Å². The first-order chi connectivity index (χ1) is 14.4. The van der Waals surface area contributed by atoms with Gasteiger partial charge >= 0.3 is 0 Å². The number of nitriles is 1. The molecule has 2 heterocycles. The van der Waals surface area contributed by atoms with Gasteiger partial charge < -0.3 is 19.9 Å². The molecule has 1 aliphatic heterocycles. The number of rotatable bonds is 6. The summed E-state index contributed by atoms with van der Waals surface area (Å²) < 4.78 is 6.76. The van der Waals surface area contributed by atoms with Crippen molar-refractivity contribution in [3.8, 4) is 6.07 Å². The summed E-state index contributed by atoms with van der Waals surface area (Å²) in [7, 11) is 0. The van der Waals surface area contributed by atoms with Crippen molar-refractivity contribution < 1.29 is 14.3 Å². The quantitative estimate of drug-likeness (QED) is 0.758. The van der Waals surface area contributed by atoms with Gasteiger partial charge in [-0.15, -0.1) is 0 Å². The second-order valence-electron chi connectivity index (χ2n) is 7.29. The molecule has 0 radical (unpaired) electrons. The third-order valence-corrected chi connectivity index (χ3v) is 5.08. The minimum Gasteiger partial charge on any atom is -0.376 e. The summed E-state index contributed by atoms with van der Waals surface area (Å²) in [5.74, 6) is -0.774. The molecule has 1 saturated heterocycles. The van der Waals surface area contributed by atoms with Crippen LogP contribution in [0.2, 0.25) is 0 Å². The Morgan fingerprint density at radius 2 is 2.07 bits per heavy atom. The molecule has 8 heteroatoms. The van der Waals surface area contributed by atoms with E-state index in [0.29, 0.717) is 35.7 Å². The van der Waals surface area contributed by atoms with E-state index in [1.807, 2.05) is 6.07 Å². The lowest BCUT2D eigenvalue weighted by Gasteiger charge is -2.15. The van der Waals surface area contributed by atoms with E-state index in [4.69, 9.17) is 4.74 Å². The normalized spacial score (nSPS) is 15.4. The number of pyridine rings is 1. The number of para-hydroxylation sites is 1. The van der Waals surface area contributed by atoms with Gasteiger partial charge in [0.15, 0.2) is 0 Å². The lowest BCUT2D eigenvalue weighted by molar-refractivity contribution is -0.116. The number of benzene rings is 1. The molecule has 1 aromatic carbocycles. The van der Waals surface area contributed by atoms with Crippen molar-refractivity contribution in [2.75, 3.05) is 18.5 Å². The van der Waals surface area contributed by atoms with Crippen LogP contribution in [0.5, 0.6) is 0 Å². The fourth-order valence-corrected chi connectivity index (χ4v) is 3.49. The number of carbonyl (C=O) groups is 2. The zero-order valence-corrected chi connectivity index (χ0v) is 17.0. The molecule has 0 saturated carbocycles. The van der Waals surface area contributed by atoms with Gasteiger partial charge in [-0.2, -0.15) is 5.26 Å². The summed E-state index contributed by atoms with van der Waals surface area (Å²) in [6.07, 6.45) is 1.91. The SMILES string of the molecule is Cc1cc(C)n(CC(=O)Nc2ccccc2C(=O)NC[C@H]2CCCO2)c(=O)c1C#N. The van der Waals surface area contributed by atoms with Crippen molar-refractivity contribution in [2.24, 2.45) is 0 Å². The maximum absolute atomic E-state index is 12.6. The summed E-state index contributed by atoms with van der Waals surface area (Å²) in [6, 6.07) is 10.3. The first-order valence-corrected chi connectivity index (χ1v) is 9.80. The summed E-state index contributed by atoms with van der Waals surface area (Å²) >= 11 is 0. The molecule has 1 aliphatic rings. The van der Waals surface area contributed by atoms with E-state index in [0.717, 1.165) is 12.8 Å². The lowest BCUT2D eigenvalue weighted by Crippen LogP contribution is -2.33. The zero-order chi connectivity index (χ0) is 21.7. The van der Waals surface area contributed by atoms with E-state index in [2.05, 4.69) is 10.6 Å². The molecule has 156 valence electrons. The molecular formula is C22H24N4O4. The molecule has 30 heavy (non-hydrogen) atoms. The second-order valence-corrected chi connectivity index (χ2v) is 7.29. The van der Waals surface area contributed by atoms with Crippen molar-refractivity contribution in [3.63, 3.8) is 0 Å². The number of ether oxygens (including phenoxy) is 1. The Morgan fingerprint density at radius 3 is 2.77 bits per heavy atom. The van der Waals surface area contributed by atoms with Gasteiger partial charge in [0.2, 0.25) is 5.91 Å². The number of hydrogen-bond donors (Lipinski definition) is 2. The second kappa shape index (κ2) is 9.37. The molecule has 1 aromatic heterocycles. The van der Waals surface area contributed by atoms with Crippen molar-refractivity contribution in [1.82, 2.24) is 9.88 Å². The number of hydrogen-bond acceptors (Lipinski definition) is 5. The monoisotopic (exact) mass is 408 g/mol. The molecule has 0 aliphatic carbocycles. The Hall–Kier alpha value is -3.44. The maximum Gasteiger partial charge on any atom is 0.269 e. The predicted octanol–water partition coefficient (Wildman–Crippen LogP) is 1.88. The molecule has 2 aromatic rings. The van der Waals surface area contributed by atoms with E-state index < -0.39 is 11.5 Å². The molecule has 1 atom stereocenters. The van der Waals surface area contributed by atoms with E-state index in [1.165, 1.54) is 4.57 Å².